The van der Waals surface area contributed by atoms with Crippen LogP contribution in [0.15, 0.2) is 58.3 Å². The van der Waals surface area contributed by atoms with Gasteiger partial charge in [-0.05, 0) is 36.4 Å². The Morgan fingerprint density at radius 1 is 1.16 bits per heavy atom. The Morgan fingerprint density at radius 3 is 2.68 bits per heavy atom. The van der Waals surface area contributed by atoms with Gasteiger partial charge in [0.05, 0.1) is 4.53 Å². The van der Waals surface area contributed by atoms with Crippen LogP contribution >= 0.6 is 22.9 Å². The van der Waals surface area contributed by atoms with Crippen LogP contribution in [0.1, 0.15) is 5.56 Å². The van der Waals surface area contributed by atoms with Crippen molar-refractivity contribution in [1.82, 2.24) is 4.57 Å². The zero-order valence-corrected chi connectivity index (χ0v) is 14.7. The highest BCUT2D eigenvalue weighted by Gasteiger charge is 2.16. The molecule has 0 saturated carbocycles. The van der Waals surface area contributed by atoms with Gasteiger partial charge in [0.2, 0.25) is 0 Å². The summed E-state index contributed by atoms with van der Waals surface area (Å²) in [5, 5.41) is 10.6. The Labute approximate surface area is 152 Å². The molecule has 0 unspecified atom stereocenters. The standard InChI is InChI=1S/C18H14ClN3O2S/c19-13-5-7-14(8-6-13)21-10-20-18-22(11-21)17(24)16(25-18)9-12-3-1-2-4-15(12)23/h1-9,23H,10-11H2/b16-9-. The van der Waals surface area contributed by atoms with Gasteiger partial charge in [0.25, 0.3) is 5.56 Å². The fraction of sp³-hybridized carbons (Fsp3) is 0.111. The Bertz CT molecular complexity index is 1100. The van der Waals surface area contributed by atoms with Gasteiger partial charge < -0.3 is 10.0 Å². The second-order valence-electron chi connectivity index (χ2n) is 5.64. The van der Waals surface area contributed by atoms with E-state index in [1.165, 1.54) is 11.3 Å². The fourth-order valence-corrected chi connectivity index (χ4v) is 3.76. The van der Waals surface area contributed by atoms with Crippen molar-refractivity contribution in [3.05, 3.63) is 78.8 Å². The number of anilines is 1. The molecule has 0 aliphatic carbocycles. The van der Waals surface area contributed by atoms with E-state index in [1.807, 2.05) is 35.2 Å². The van der Waals surface area contributed by atoms with Crippen LogP contribution < -0.4 is 19.8 Å². The minimum absolute atomic E-state index is 0.106. The highest BCUT2D eigenvalue weighted by atomic mass is 35.5. The van der Waals surface area contributed by atoms with E-state index in [1.54, 1.807) is 28.8 Å². The number of halogens is 1. The number of hydrogen-bond acceptors (Lipinski definition) is 5. The molecule has 0 spiro atoms. The summed E-state index contributed by atoms with van der Waals surface area (Å²) in [7, 11) is 0. The number of phenols is 1. The summed E-state index contributed by atoms with van der Waals surface area (Å²) < 4.78 is 2.20. The number of phenolic OH excluding ortho intramolecular Hbond substituents is 1. The third-order valence-electron chi connectivity index (χ3n) is 3.99. The minimum atomic E-state index is -0.106. The molecule has 0 amide bonds. The van der Waals surface area contributed by atoms with E-state index in [2.05, 4.69) is 4.99 Å². The largest absolute Gasteiger partial charge is 0.507 e. The van der Waals surface area contributed by atoms with E-state index in [9.17, 15) is 9.90 Å². The molecule has 2 heterocycles. The zero-order valence-electron chi connectivity index (χ0n) is 13.1. The van der Waals surface area contributed by atoms with Crippen molar-refractivity contribution >= 4 is 34.7 Å². The first kappa shape index (κ1) is 15.9. The van der Waals surface area contributed by atoms with Gasteiger partial charge in [-0.15, -0.1) is 0 Å². The van der Waals surface area contributed by atoms with Gasteiger partial charge in [0, 0.05) is 16.3 Å². The fourth-order valence-electron chi connectivity index (χ4n) is 2.68. The number of nitrogens with zero attached hydrogens (tertiary/aromatic N) is 3. The third kappa shape index (κ3) is 3.06. The third-order valence-corrected chi connectivity index (χ3v) is 5.29. The van der Waals surface area contributed by atoms with Crippen molar-refractivity contribution < 1.29 is 5.11 Å². The average Bonchev–Trinajstić information content (AvgIpc) is 2.93. The predicted molar refractivity (Wildman–Crippen MR) is 99.8 cm³/mol. The molecule has 1 aliphatic rings. The number of para-hydroxylation sites is 1. The topological polar surface area (TPSA) is 57.8 Å². The summed E-state index contributed by atoms with van der Waals surface area (Å²) in [6.07, 6.45) is 1.70. The molecule has 1 aromatic heterocycles. The van der Waals surface area contributed by atoms with E-state index in [0.29, 0.717) is 33.3 Å². The maximum Gasteiger partial charge on any atom is 0.271 e. The maximum absolute atomic E-state index is 12.7. The molecular weight excluding hydrogens is 358 g/mol. The number of rotatable bonds is 2. The van der Waals surface area contributed by atoms with E-state index in [0.717, 1.165) is 5.69 Å². The number of aromatic hydroxyl groups is 1. The van der Waals surface area contributed by atoms with Gasteiger partial charge in [0.15, 0.2) is 4.80 Å². The van der Waals surface area contributed by atoms with Crippen molar-refractivity contribution in [2.75, 3.05) is 11.6 Å². The molecule has 0 atom stereocenters. The highest BCUT2D eigenvalue weighted by molar-refractivity contribution is 7.07. The van der Waals surface area contributed by atoms with Crippen LogP contribution in [-0.4, -0.2) is 16.3 Å². The number of aromatic nitrogens is 1. The monoisotopic (exact) mass is 371 g/mol. The SMILES string of the molecule is O=c1/c(=C/c2ccccc2O)sc2n1CN(c1ccc(Cl)cc1)CN=2. The van der Waals surface area contributed by atoms with Gasteiger partial charge in [-0.2, -0.15) is 0 Å². The molecule has 0 bridgehead atoms. The Hall–Kier alpha value is -2.57. The van der Waals surface area contributed by atoms with E-state index in [4.69, 9.17) is 11.6 Å². The zero-order chi connectivity index (χ0) is 17.4. The van der Waals surface area contributed by atoms with Crippen LogP contribution in [0.4, 0.5) is 5.69 Å². The van der Waals surface area contributed by atoms with Crippen molar-refractivity contribution in [2.24, 2.45) is 4.99 Å². The lowest BCUT2D eigenvalue weighted by molar-refractivity contribution is 0.474. The van der Waals surface area contributed by atoms with Crippen LogP contribution in [-0.2, 0) is 6.67 Å². The Balaban J connectivity index is 1.73. The quantitative estimate of drug-likeness (QED) is 0.751. The molecule has 0 fully saturated rings. The number of hydrogen-bond donors (Lipinski definition) is 1. The lowest BCUT2D eigenvalue weighted by atomic mass is 10.2. The maximum atomic E-state index is 12.7. The highest BCUT2D eigenvalue weighted by Crippen LogP contribution is 2.19. The average molecular weight is 372 g/mol. The van der Waals surface area contributed by atoms with Crippen molar-refractivity contribution in [3.63, 3.8) is 0 Å². The molecule has 1 aliphatic heterocycles. The van der Waals surface area contributed by atoms with Gasteiger partial charge in [-0.25, -0.2) is 4.99 Å². The molecule has 1 N–H and O–H groups in total. The summed E-state index contributed by atoms with van der Waals surface area (Å²) in [6.45, 7) is 0.919. The second kappa shape index (κ2) is 6.38. The normalized spacial score (nSPS) is 14.3. The summed E-state index contributed by atoms with van der Waals surface area (Å²) in [5.41, 5.74) is 1.47. The lowest BCUT2D eigenvalue weighted by Crippen LogP contribution is -2.42. The number of thiazole rings is 1. The van der Waals surface area contributed by atoms with Gasteiger partial charge >= 0.3 is 0 Å². The minimum Gasteiger partial charge on any atom is -0.507 e. The van der Waals surface area contributed by atoms with Crippen molar-refractivity contribution in [2.45, 2.75) is 6.67 Å². The summed E-state index contributed by atoms with van der Waals surface area (Å²) in [4.78, 5) is 19.9. The predicted octanol–water partition coefficient (Wildman–Crippen LogP) is 2.15. The molecule has 0 saturated heterocycles. The lowest BCUT2D eigenvalue weighted by Gasteiger charge is -2.25. The molecule has 0 radical (unpaired) electrons. The Morgan fingerprint density at radius 2 is 1.92 bits per heavy atom. The van der Waals surface area contributed by atoms with E-state index >= 15 is 0 Å². The summed E-state index contributed by atoms with van der Waals surface area (Å²) >= 11 is 7.26. The van der Waals surface area contributed by atoms with Gasteiger partial charge in [-0.1, -0.05) is 41.1 Å². The molecule has 126 valence electrons. The molecular formula is C18H14ClN3O2S. The van der Waals surface area contributed by atoms with Crippen LogP contribution in [0.3, 0.4) is 0 Å². The van der Waals surface area contributed by atoms with Gasteiger partial charge in [0.1, 0.15) is 19.1 Å². The molecule has 4 rings (SSSR count). The van der Waals surface area contributed by atoms with Gasteiger partial charge in [-0.3, -0.25) is 9.36 Å². The molecule has 25 heavy (non-hydrogen) atoms. The van der Waals surface area contributed by atoms with Crippen LogP contribution in [0.2, 0.25) is 5.02 Å². The first-order valence-electron chi connectivity index (χ1n) is 7.66. The Kier molecular flexibility index (Phi) is 4.07. The van der Waals surface area contributed by atoms with Crippen LogP contribution in [0.5, 0.6) is 5.75 Å². The molecule has 5 nitrogen and oxygen atoms in total. The molecule has 2 aromatic carbocycles. The summed E-state index contributed by atoms with van der Waals surface area (Å²) in [6, 6.07) is 14.4. The van der Waals surface area contributed by atoms with Crippen LogP contribution in [0, 0.1) is 0 Å². The number of fused-ring (bicyclic) bond motifs is 1. The molecule has 7 heteroatoms. The van der Waals surface area contributed by atoms with Crippen LogP contribution in [0.25, 0.3) is 6.08 Å². The van der Waals surface area contributed by atoms with E-state index in [-0.39, 0.29) is 11.3 Å². The van der Waals surface area contributed by atoms with Crippen molar-refractivity contribution in [3.8, 4) is 5.75 Å². The van der Waals surface area contributed by atoms with E-state index < -0.39 is 0 Å². The number of benzene rings is 2. The summed E-state index contributed by atoms with van der Waals surface area (Å²) in [5.74, 6) is 0.151. The first-order chi connectivity index (χ1) is 12.1. The second-order valence-corrected chi connectivity index (χ2v) is 7.09. The molecule has 3 aromatic rings. The first-order valence-corrected chi connectivity index (χ1v) is 8.85. The smallest absolute Gasteiger partial charge is 0.271 e. The van der Waals surface area contributed by atoms with Crippen molar-refractivity contribution in [1.29, 1.82) is 0 Å².